The topological polar surface area (TPSA) is 37.4 Å². The Labute approximate surface area is 193 Å². The Morgan fingerprint density at radius 1 is 0.909 bits per heavy atom. The van der Waals surface area contributed by atoms with E-state index in [9.17, 15) is 0 Å². The molecule has 0 fully saturated rings. The molecular formula is C28H28N4O. The number of benzene rings is 3. The Bertz CT molecular complexity index is 1510. The van der Waals surface area contributed by atoms with Gasteiger partial charge in [-0.2, -0.15) is 0 Å². The van der Waals surface area contributed by atoms with Crippen LogP contribution in [0.3, 0.4) is 0 Å². The molecule has 0 saturated carbocycles. The zero-order valence-corrected chi connectivity index (χ0v) is 19.7. The summed E-state index contributed by atoms with van der Waals surface area (Å²) in [6, 6.07) is 21.3. The molecule has 1 atom stereocenters. The van der Waals surface area contributed by atoms with Gasteiger partial charge in [-0.3, -0.25) is 4.90 Å². The molecule has 0 N–H and O–H groups in total. The Morgan fingerprint density at radius 2 is 1.64 bits per heavy atom. The van der Waals surface area contributed by atoms with Gasteiger partial charge in [-0.25, -0.2) is 4.98 Å². The first-order valence-corrected chi connectivity index (χ1v) is 11.5. The zero-order valence-electron chi connectivity index (χ0n) is 19.7. The molecule has 0 saturated heterocycles. The van der Waals surface area contributed by atoms with E-state index in [2.05, 4.69) is 102 Å². The first-order chi connectivity index (χ1) is 15.9. The molecule has 1 aliphatic heterocycles. The quantitative estimate of drug-likeness (QED) is 0.309. The highest BCUT2D eigenvalue weighted by atomic mass is 16.3. The molecule has 5 nitrogen and oxygen atoms in total. The molecule has 5 aromatic rings. The van der Waals surface area contributed by atoms with Crippen molar-refractivity contribution in [3.05, 3.63) is 84.2 Å². The van der Waals surface area contributed by atoms with Crippen molar-refractivity contribution in [1.82, 2.24) is 9.55 Å². The monoisotopic (exact) mass is 436 g/mol. The van der Waals surface area contributed by atoms with E-state index in [4.69, 9.17) is 4.42 Å². The van der Waals surface area contributed by atoms with Crippen LogP contribution in [0.15, 0.2) is 77.5 Å². The number of aromatic nitrogens is 2. The van der Waals surface area contributed by atoms with Crippen molar-refractivity contribution in [2.75, 3.05) is 9.80 Å². The molecule has 2 aromatic heterocycles. The van der Waals surface area contributed by atoms with E-state index in [-0.39, 0.29) is 11.7 Å². The molecule has 6 rings (SSSR count). The molecule has 3 heterocycles. The Balaban J connectivity index is 1.61. The van der Waals surface area contributed by atoms with Gasteiger partial charge < -0.3 is 13.9 Å². The number of fused-ring (bicyclic) bond motifs is 4. The highest BCUT2D eigenvalue weighted by Gasteiger charge is 2.44. The fourth-order valence-electron chi connectivity index (χ4n) is 5.85. The Morgan fingerprint density at radius 3 is 2.39 bits per heavy atom. The van der Waals surface area contributed by atoms with Gasteiger partial charge in [0.1, 0.15) is 17.3 Å². The largest absolute Gasteiger partial charge is 0.456 e. The van der Waals surface area contributed by atoms with E-state index >= 15 is 0 Å². The lowest BCUT2D eigenvalue weighted by atomic mass is 9.84. The predicted octanol–water partition coefficient (Wildman–Crippen LogP) is 6.87. The second kappa shape index (κ2) is 6.88. The summed E-state index contributed by atoms with van der Waals surface area (Å²) in [6.07, 6.45) is 3.94. The number of imidazole rings is 1. The van der Waals surface area contributed by atoms with Gasteiger partial charge in [0, 0.05) is 30.2 Å². The van der Waals surface area contributed by atoms with Gasteiger partial charge in [0.25, 0.3) is 0 Å². The van der Waals surface area contributed by atoms with Crippen LogP contribution in [0.25, 0.3) is 21.9 Å². The third kappa shape index (κ3) is 2.68. The molecule has 33 heavy (non-hydrogen) atoms. The second-order valence-corrected chi connectivity index (χ2v) is 9.49. The van der Waals surface area contributed by atoms with E-state index in [0.717, 1.165) is 17.1 Å². The number of hydrogen-bond acceptors (Lipinski definition) is 4. The van der Waals surface area contributed by atoms with Crippen molar-refractivity contribution < 1.29 is 4.42 Å². The highest BCUT2D eigenvalue weighted by Crippen LogP contribution is 2.51. The SMILES string of the molecule is Cc1ccc2oc3ccccc3c2c1C(C)(C)N1c2ccccc2N(c2nccn2C)[C@H]1C. The summed E-state index contributed by atoms with van der Waals surface area (Å²) >= 11 is 0. The molecule has 0 unspecified atom stereocenters. The Hall–Kier alpha value is -3.73. The van der Waals surface area contributed by atoms with Crippen molar-refractivity contribution in [2.45, 2.75) is 39.4 Å². The third-order valence-corrected chi connectivity index (χ3v) is 7.13. The molecule has 166 valence electrons. The standard InChI is InChI=1S/C28H28N4O/c1-18-14-15-24-25(20-10-6-9-13-23(20)33-24)26(18)28(3,4)32-19(2)31(27-29-16-17-30(27)5)21-11-7-8-12-22(21)32/h6-17,19H,1-5H3/t19-/m1/s1. The average molecular weight is 437 g/mol. The van der Waals surface area contributed by atoms with Crippen LogP contribution in [0.5, 0.6) is 0 Å². The van der Waals surface area contributed by atoms with Gasteiger partial charge in [0.2, 0.25) is 5.95 Å². The molecule has 0 aliphatic carbocycles. The average Bonchev–Trinajstić information content (AvgIpc) is 3.46. The predicted molar refractivity (Wildman–Crippen MR) is 135 cm³/mol. The van der Waals surface area contributed by atoms with Gasteiger partial charge in [-0.1, -0.05) is 36.4 Å². The van der Waals surface area contributed by atoms with Crippen molar-refractivity contribution >= 4 is 39.3 Å². The zero-order chi connectivity index (χ0) is 22.9. The van der Waals surface area contributed by atoms with Crippen molar-refractivity contribution in [3.8, 4) is 0 Å². The minimum absolute atomic E-state index is 0.0753. The number of anilines is 3. The van der Waals surface area contributed by atoms with Crippen LogP contribution < -0.4 is 9.80 Å². The van der Waals surface area contributed by atoms with Crippen LogP contribution in [0.4, 0.5) is 17.3 Å². The maximum absolute atomic E-state index is 6.26. The molecule has 0 spiro atoms. The fraction of sp³-hybridized carbons (Fsp3) is 0.250. The van der Waals surface area contributed by atoms with Gasteiger partial charge in [-0.05, 0) is 63.1 Å². The number of hydrogen-bond donors (Lipinski definition) is 0. The minimum atomic E-state index is -0.314. The van der Waals surface area contributed by atoms with Crippen LogP contribution in [-0.2, 0) is 12.6 Å². The summed E-state index contributed by atoms with van der Waals surface area (Å²) in [5, 5.41) is 2.37. The van der Waals surface area contributed by atoms with Gasteiger partial charge in [0.05, 0.1) is 16.9 Å². The molecule has 1 aliphatic rings. The summed E-state index contributed by atoms with van der Waals surface area (Å²) < 4.78 is 8.34. The summed E-state index contributed by atoms with van der Waals surface area (Å²) in [6.45, 7) is 9.12. The first-order valence-electron chi connectivity index (χ1n) is 11.5. The smallest absolute Gasteiger partial charge is 0.211 e. The van der Waals surface area contributed by atoms with E-state index in [1.807, 2.05) is 25.5 Å². The van der Waals surface area contributed by atoms with Crippen LogP contribution in [-0.4, -0.2) is 15.7 Å². The van der Waals surface area contributed by atoms with Crippen LogP contribution in [0, 0.1) is 6.92 Å². The van der Waals surface area contributed by atoms with Gasteiger partial charge in [0.15, 0.2) is 0 Å². The minimum Gasteiger partial charge on any atom is -0.456 e. The number of para-hydroxylation sites is 3. The fourth-order valence-corrected chi connectivity index (χ4v) is 5.85. The van der Waals surface area contributed by atoms with Crippen LogP contribution in [0.1, 0.15) is 31.9 Å². The number of aryl methyl sites for hydroxylation is 2. The highest BCUT2D eigenvalue weighted by molar-refractivity contribution is 6.07. The molecular weight excluding hydrogens is 408 g/mol. The lowest BCUT2D eigenvalue weighted by molar-refractivity contribution is 0.447. The van der Waals surface area contributed by atoms with Crippen LogP contribution in [0.2, 0.25) is 0 Å². The molecule has 3 aromatic carbocycles. The van der Waals surface area contributed by atoms with Gasteiger partial charge >= 0.3 is 0 Å². The van der Waals surface area contributed by atoms with Gasteiger partial charge in [-0.15, -0.1) is 0 Å². The lowest BCUT2D eigenvalue weighted by Gasteiger charge is -2.43. The molecule has 0 amide bonds. The summed E-state index contributed by atoms with van der Waals surface area (Å²) in [5.74, 6) is 0.942. The summed E-state index contributed by atoms with van der Waals surface area (Å²) in [4.78, 5) is 9.55. The van der Waals surface area contributed by atoms with Crippen molar-refractivity contribution in [1.29, 1.82) is 0 Å². The lowest BCUT2D eigenvalue weighted by Crippen LogP contribution is -2.50. The van der Waals surface area contributed by atoms with Crippen molar-refractivity contribution in [3.63, 3.8) is 0 Å². The number of rotatable bonds is 3. The number of nitrogens with zero attached hydrogens (tertiary/aromatic N) is 4. The van der Waals surface area contributed by atoms with E-state index < -0.39 is 0 Å². The summed E-state index contributed by atoms with van der Waals surface area (Å²) in [5.41, 5.74) is 6.50. The normalized spacial score (nSPS) is 16.2. The van der Waals surface area contributed by atoms with Crippen LogP contribution >= 0.6 is 0 Å². The second-order valence-electron chi connectivity index (χ2n) is 9.49. The van der Waals surface area contributed by atoms with E-state index in [1.54, 1.807) is 0 Å². The summed E-state index contributed by atoms with van der Waals surface area (Å²) in [7, 11) is 2.05. The third-order valence-electron chi connectivity index (χ3n) is 7.13. The molecule has 0 bridgehead atoms. The van der Waals surface area contributed by atoms with Crippen molar-refractivity contribution in [2.24, 2.45) is 7.05 Å². The number of furan rings is 1. The van der Waals surface area contributed by atoms with E-state index in [0.29, 0.717) is 0 Å². The Kier molecular flexibility index (Phi) is 4.15. The maximum atomic E-state index is 6.26. The molecule has 5 heteroatoms. The van der Waals surface area contributed by atoms with E-state index in [1.165, 1.54) is 33.3 Å². The first kappa shape index (κ1) is 19.9. The maximum Gasteiger partial charge on any atom is 0.211 e. The molecule has 0 radical (unpaired) electrons.